The minimum atomic E-state index is -0.290. The van der Waals surface area contributed by atoms with E-state index in [4.69, 9.17) is 10.5 Å². The van der Waals surface area contributed by atoms with Gasteiger partial charge in [0.05, 0.1) is 11.8 Å². The summed E-state index contributed by atoms with van der Waals surface area (Å²) in [5.41, 5.74) is 6.11. The Bertz CT molecular complexity index is 649. The molecule has 0 radical (unpaired) electrons. The zero-order valence-corrected chi connectivity index (χ0v) is 15.0. The molecule has 8 heteroatoms. The SMILES string of the molecule is Cl.NCCc1nnc(SCC2CCCCO2)n1-c1ccccc1F. The molecular weight excluding hydrogens is 351 g/mol. The topological polar surface area (TPSA) is 66.0 Å². The van der Waals surface area contributed by atoms with Gasteiger partial charge in [-0.05, 0) is 37.9 Å². The Hall–Kier alpha value is -1.15. The fraction of sp³-hybridized carbons (Fsp3) is 0.500. The summed E-state index contributed by atoms with van der Waals surface area (Å²) in [5, 5.41) is 9.11. The van der Waals surface area contributed by atoms with Gasteiger partial charge >= 0.3 is 0 Å². The number of rotatable bonds is 6. The number of aromatic nitrogens is 3. The second-order valence-corrected chi connectivity index (χ2v) is 6.51. The maximum Gasteiger partial charge on any atom is 0.196 e. The number of hydrogen-bond donors (Lipinski definition) is 1. The average Bonchev–Trinajstić information content (AvgIpc) is 2.97. The first kappa shape index (κ1) is 19.2. The highest BCUT2D eigenvalue weighted by atomic mass is 35.5. The van der Waals surface area contributed by atoms with Gasteiger partial charge in [0.25, 0.3) is 0 Å². The van der Waals surface area contributed by atoms with Crippen LogP contribution < -0.4 is 5.73 Å². The Kier molecular flexibility index (Phi) is 7.48. The molecule has 0 spiro atoms. The molecule has 0 aliphatic carbocycles. The van der Waals surface area contributed by atoms with Crippen molar-refractivity contribution in [2.24, 2.45) is 5.73 Å². The van der Waals surface area contributed by atoms with Gasteiger partial charge in [0.1, 0.15) is 11.6 Å². The summed E-state index contributed by atoms with van der Waals surface area (Å²) in [6, 6.07) is 6.66. The van der Waals surface area contributed by atoms with Crippen LogP contribution in [0.5, 0.6) is 0 Å². The van der Waals surface area contributed by atoms with Crippen molar-refractivity contribution in [1.29, 1.82) is 0 Å². The lowest BCUT2D eigenvalue weighted by Crippen LogP contribution is -2.21. The number of nitrogens with zero attached hydrogens (tertiary/aromatic N) is 3. The Balaban J connectivity index is 0.00000208. The zero-order valence-electron chi connectivity index (χ0n) is 13.4. The Morgan fingerprint density at radius 1 is 1.29 bits per heavy atom. The van der Waals surface area contributed by atoms with E-state index >= 15 is 0 Å². The number of hydrogen-bond acceptors (Lipinski definition) is 5. The predicted octanol–water partition coefficient (Wildman–Crippen LogP) is 2.99. The van der Waals surface area contributed by atoms with Gasteiger partial charge in [-0.1, -0.05) is 23.9 Å². The van der Waals surface area contributed by atoms with Crippen LogP contribution >= 0.6 is 24.2 Å². The molecule has 1 atom stereocenters. The third kappa shape index (κ3) is 4.47. The number of nitrogens with two attached hydrogens (primary N) is 1. The number of para-hydroxylation sites is 1. The van der Waals surface area contributed by atoms with E-state index in [9.17, 15) is 4.39 Å². The normalized spacial score (nSPS) is 17.5. The molecule has 3 rings (SSSR count). The van der Waals surface area contributed by atoms with Gasteiger partial charge < -0.3 is 10.5 Å². The van der Waals surface area contributed by atoms with E-state index in [0.29, 0.717) is 29.6 Å². The molecule has 24 heavy (non-hydrogen) atoms. The van der Waals surface area contributed by atoms with E-state index in [0.717, 1.165) is 25.2 Å². The van der Waals surface area contributed by atoms with Crippen LogP contribution in [0.1, 0.15) is 25.1 Å². The van der Waals surface area contributed by atoms with Crippen LogP contribution in [0.2, 0.25) is 0 Å². The van der Waals surface area contributed by atoms with E-state index in [1.165, 1.54) is 12.5 Å². The Morgan fingerprint density at radius 2 is 2.12 bits per heavy atom. The monoisotopic (exact) mass is 372 g/mol. The molecule has 1 aromatic carbocycles. The van der Waals surface area contributed by atoms with E-state index < -0.39 is 0 Å². The summed E-state index contributed by atoms with van der Waals surface area (Å²) < 4.78 is 21.7. The van der Waals surface area contributed by atoms with E-state index in [2.05, 4.69) is 10.2 Å². The summed E-state index contributed by atoms with van der Waals surface area (Å²) in [7, 11) is 0. The van der Waals surface area contributed by atoms with Crippen molar-refractivity contribution in [1.82, 2.24) is 14.8 Å². The second kappa shape index (κ2) is 9.36. The van der Waals surface area contributed by atoms with Crippen molar-refractivity contribution >= 4 is 24.2 Å². The van der Waals surface area contributed by atoms with Gasteiger partial charge in [-0.2, -0.15) is 0 Å². The Labute approximate surface area is 151 Å². The third-order valence-corrected chi connectivity index (χ3v) is 4.89. The molecule has 1 aliphatic rings. The van der Waals surface area contributed by atoms with Crippen molar-refractivity contribution in [2.45, 2.75) is 36.9 Å². The summed E-state index contributed by atoms with van der Waals surface area (Å²) >= 11 is 1.56. The van der Waals surface area contributed by atoms with Crippen LogP contribution in [-0.2, 0) is 11.2 Å². The predicted molar refractivity (Wildman–Crippen MR) is 95.6 cm³/mol. The van der Waals surface area contributed by atoms with Crippen molar-refractivity contribution < 1.29 is 9.13 Å². The molecule has 0 saturated carbocycles. The van der Waals surface area contributed by atoms with Crippen molar-refractivity contribution in [2.75, 3.05) is 18.9 Å². The molecule has 1 aliphatic heterocycles. The molecule has 0 bridgehead atoms. The first-order chi connectivity index (χ1) is 11.3. The maximum absolute atomic E-state index is 14.2. The second-order valence-electron chi connectivity index (χ2n) is 5.52. The average molecular weight is 373 g/mol. The third-order valence-electron chi connectivity index (χ3n) is 3.83. The van der Waals surface area contributed by atoms with Crippen LogP contribution in [0.3, 0.4) is 0 Å². The minimum Gasteiger partial charge on any atom is -0.377 e. The first-order valence-corrected chi connectivity index (χ1v) is 8.92. The van der Waals surface area contributed by atoms with Crippen molar-refractivity contribution in [3.63, 3.8) is 0 Å². The van der Waals surface area contributed by atoms with Crippen LogP contribution in [-0.4, -0.2) is 39.8 Å². The Morgan fingerprint density at radius 3 is 2.83 bits per heavy atom. The molecule has 1 aromatic heterocycles. The first-order valence-electron chi connectivity index (χ1n) is 7.93. The summed E-state index contributed by atoms with van der Waals surface area (Å²) in [4.78, 5) is 0. The molecule has 132 valence electrons. The van der Waals surface area contributed by atoms with Crippen LogP contribution in [0.4, 0.5) is 4.39 Å². The fourth-order valence-electron chi connectivity index (χ4n) is 2.67. The fourth-order valence-corrected chi connectivity index (χ4v) is 3.70. The molecule has 0 amide bonds. The van der Waals surface area contributed by atoms with Gasteiger partial charge in [0.2, 0.25) is 0 Å². The molecule has 1 unspecified atom stereocenters. The summed E-state index contributed by atoms with van der Waals surface area (Å²) in [6.07, 6.45) is 4.19. The number of benzene rings is 1. The van der Waals surface area contributed by atoms with Crippen molar-refractivity contribution in [3.05, 3.63) is 35.9 Å². The lowest BCUT2D eigenvalue weighted by Gasteiger charge is -2.22. The molecule has 2 aromatic rings. The minimum absolute atomic E-state index is 0. The number of halogens is 2. The van der Waals surface area contributed by atoms with Crippen LogP contribution in [0, 0.1) is 5.82 Å². The molecule has 1 saturated heterocycles. The summed E-state index contributed by atoms with van der Waals surface area (Å²) in [6.45, 7) is 1.27. The molecular formula is C16H22ClFN4OS. The lowest BCUT2D eigenvalue weighted by molar-refractivity contribution is 0.0315. The number of thioether (sulfide) groups is 1. The lowest BCUT2D eigenvalue weighted by atomic mass is 10.1. The molecule has 1 fully saturated rings. The van der Waals surface area contributed by atoms with Gasteiger partial charge in [0.15, 0.2) is 5.16 Å². The van der Waals surface area contributed by atoms with Gasteiger partial charge in [-0.25, -0.2) is 4.39 Å². The molecule has 2 N–H and O–H groups in total. The van der Waals surface area contributed by atoms with Crippen LogP contribution in [0.15, 0.2) is 29.4 Å². The van der Waals surface area contributed by atoms with Crippen LogP contribution in [0.25, 0.3) is 5.69 Å². The highest BCUT2D eigenvalue weighted by Crippen LogP contribution is 2.26. The smallest absolute Gasteiger partial charge is 0.196 e. The van der Waals surface area contributed by atoms with Gasteiger partial charge in [-0.3, -0.25) is 4.57 Å². The number of ether oxygens (including phenoxy) is 1. The van der Waals surface area contributed by atoms with E-state index in [-0.39, 0.29) is 24.3 Å². The van der Waals surface area contributed by atoms with Gasteiger partial charge in [0, 0.05) is 18.8 Å². The highest BCUT2D eigenvalue weighted by Gasteiger charge is 2.19. The molecule has 5 nitrogen and oxygen atoms in total. The highest BCUT2D eigenvalue weighted by molar-refractivity contribution is 7.99. The quantitative estimate of drug-likeness (QED) is 0.789. The van der Waals surface area contributed by atoms with Gasteiger partial charge in [-0.15, -0.1) is 22.6 Å². The van der Waals surface area contributed by atoms with Crippen molar-refractivity contribution in [3.8, 4) is 5.69 Å². The maximum atomic E-state index is 14.2. The largest absolute Gasteiger partial charge is 0.377 e. The van der Waals surface area contributed by atoms with E-state index in [1.807, 2.05) is 6.07 Å². The summed E-state index contributed by atoms with van der Waals surface area (Å²) in [5.74, 6) is 1.20. The van der Waals surface area contributed by atoms with E-state index in [1.54, 1.807) is 28.5 Å². The zero-order chi connectivity index (χ0) is 16.1. The standard InChI is InChI=1S/C16H21FN4OS.ClH/c17-13-6-1-2-7-14(13)21-15(8-9-18)19-20-16(21)23-11-12-5-3-4-10-22-12;/h1-2,6-7,12H,3-5,8-11,18H2;1H. The molecule has 2 heterocycles.